The number of rotatable bonds is 43. The molecule has 0 spiro atoms. The molecular weight excluding hydrogens is 739 g/mol. The van der Waals surface area contributed by atoms with Gasteiger partial charge in [-0.05, 0) is 89.7 Å². The first-order valence-corrected chi connectivity index (χ1v) is 26.0. The number of hydrogen-bond acceptors (Lipinski definition) is 10. The summed E-state index contributed by atoms with van der Waals surface area (Å²) < 4.78 is 43.6. The molecule has 14 heteroatoms. The fraction of sp³-hybridized carbons (Fsp3) is 1.00. The van der Waals surface area contributed by atoms with Gasteiger partial charge in [-0.2, -0.15) is 23.5 Å². The number of hydrogen-bond donors (Lipinski definition) is 2. The van der Waals surface area contributed by atoms with Crippen LogP contribution in [0.2, 0.25) is 0 Å². The minimum absolute atomic E-state index is 0.198. The first-order valence-electron chi connectivity index (χ1n) is 20.7. The average Bonchev–Trinajstić information content (AvgIpc) is 3.07. The second kappa shape index (κ2) is 38.7. The number of thioether (sulfide) groups is 2. The minimum atomic E-state index is -3.90. The molecule has 0 amide bonds. The molecule has 0 saturated carbocycles. The van der Waals surface area contributed by atoms with Gasteiger partial charge >= 0.3 is 15.6 Å². The summed E-state index contributed by atoms with van der Waals surface area (Å²) in [5.41, 5.74) is 0. The molecule has 0 bridgehead atoms. The zero-order chi connectivity index (χ0) is 38.4. The maximum Gasteiger partial charge on any atom is 0.472 e. The van der Waals surface area contributed by atoms with Crippen LogP contribution < -0.4 is 0 Å². The Morgan fingerprint density at radius 1 is 0.365 bits per heavy atom. The Kier molecular flexibility index (Phi) is 39.3. The van der Waals surface area contributed by atoms with Crippen LogP contribution in [0, 0.1) is 0 Å². The molecule has 0 aliphatic heterocycles. The van der Waals surface area contributed by atoms with E-state index in [9.17, 15) is 18.9 Å². The summed E-state index contributed by atoms with van der Waals surface area (Å²) in [5, 5.41) is 0. The predicted octanol–water partition coefficient (Wildman–Crippen LogP) is 11.2. The van der Waals surface area contributed by atoms with Gasteiger partial charge in [-0.3, -0.25) is 18.1 Å². The maximum atomic E-state index is 11.8. The lowest BCUT2D eigenvalue weighted by atomic mass is 10.1. The van der Waals surface area contributed by atoms with Gasteiger partial charge in [-0.25, -0.2) is 9.13 Å². The third-order valence-electron chi connectivity index (χ3n) is 8.79. The number of nitrogens with zero attached hydrogens (tertiary/aromatic N) is 2. The summed E-state index contributed by atoms with van der Waals surface area (Å²) in [6.07, 6.45) is 30.1. The topological polar surface area (TPSA) is 118 Å². The molecule has 0 heterocycles. The summed E-state index contributed by atoms with van der Waals surface area (Å²) in [5.74, 6) is 5.28. The van der Waals surface area contributed by atoms with Crippen LogP contribution in [0.15, 0.2) is 0 Å². The Hall–Kier alpha value is 0.840. The SMILES string of the molecule is CN(C)CCOP(=O)(O)OCCCCCCCCCCCSCCCCCCCCSCCCCCCCCCCCOP(=O)(O)OCCN(C)C. The van der Waals surface area contributed by atoms with Crippen molar-refractivity contribution in [2.45, 2.75) is 154 Å². The molecule has 314 valence electrons. The van der Waals surface area contributed by atoms with E-state index in [-0.39, 0.29) is 26.4 Å². The summed E-state index contributed by atoms with van der Waals surface area (Å²) in [6.45, 7) is 2.16. The number of likely N-dealkylation sites (N-methyl/N-ethyl adjacent to an activating group) is 2. The van der Waals surface area contributed by atoms with E-state index >= 15 is 0 Å². The van der Waals surface area contributed by atoms with E-state index < -0.39 is 15.6 Å². The molecule has 0 saturated heterocycles. The standard InChI is InChI=1S/C38H82N2O8P2S2/c1-39(2)29-33-47-49(41,42)45-31-23-17-11-7-5-9-13-19-25-35-51-37-27-21-15-16-22-28-38-52-36-26-20-14-10-6-8-12-18-24-32-46-50(43,44)48-34-30-40(3)4/h5-38H2,1-4H3,(H,41,42)(H,43,44). The summed E-state index contributed by atoms with van der Waals surface area (Å²) >= 11 is 4.29. The van der Waals surface area contributed by atoms with E-state index in [1.54, 1.807) is 0 Å². The van der Waals surface area contributed by atoms with E-state index in [1.165, 1.54) is 139 Å². The van der Waals surface area contributed by atoms with Crippen molar-refractivity contribution in [1.29, 1.82) is 0 Å². The van der Waals surface area contributed by atoms with Gasteiger partial charge in [0.05, 0.1) is 26.4 Å². The Labute approximate surface area is 329 Å². The quantitative estimate of drug-likeness (QED) is 0.0450. The van der Waals surface area contributed by atoms with Gasteiger partial charge in [0, 0.05) is 13.1 Å². The van der Waals surface area contributed by atoms with Crippen molar-refractivity contribution in [3.63, 3.8) is 0 Å². The van der Waals surface area contributed by atoms with Crippen LogP contribution in [-0.4, -0.2) is 110 Å². The van der Waals surface area contributed by atoms with Crippen molar-refractivity contribution < 1.29 is 37.0 Å². The highest BCUT2D eigenvalue weighted by molar-refractivity contribution is 7.99. The second-order valence-corrected chi connectivity index (χ2v) is 19.9. The first kappa shape index (κ1) is 52.8. The van der Waals surface area contributed by atoms with Crippen LogP contribution in [0.1, 0.15) is 154 Å². The molecule has 0 aliphatic carbocycles. The monoisotopic (exact) mass is 820 g/mol. The molecule has 0 aromatic carbocycles. The molecule has 10 nitrogen and oxygen atoms in total. The van der Waals surface area contributed by atoms with E-state index in [4.69, 9.17) is 18.1 Å². The lowest BCUT2D eigenvalue weighted by Crippen LogP contribution is -2.17. The number of phosphoric ester groups is 2. The third-order valence-corrected chi connectivity index (χ3v) is 13.1. The van der Waals surface area contributed by atoms with E-state index in [2.05, 4.69) is 23.5 Å². The molecule has 2 atom stereocenters. The number of unbranched alkanes of at least 4 members (excludes halogenated alkanes) is 21. The fourth-order valence-corrected chi connectivity index (χ4v) is 9.05. The third kappa shape index (κ3) is 43.6. The molecule has 0 rings (SSSR count). The zero-order valence-electron chi connectivity index (χ0n) is 34.0. The van der Waals surface area contributed by atoms with Crippen LogP contribution in [0.5, 0.6) is 0 Å². The van der Waals surface area contributed by atoms with Crippen LogP contribution >= 0.6 is 39.2 Å². The summed E-state index contributed by atoms with van der Waals surface area (Å²) in [7, 11) is -0.221. The summed E-state index contributed by atoms with van der Waals surface area (Å²) in [4.78, 5) is 23.1. The van der Waals surface area contributed by atoms with Crippen LogP contribution in [0.4, 0.5) is 0 Å². The van der Waals surface area contributed by atoms with Crippen LogP contribution in [0.3, 0.4) is 0 Å². The van der Waals surface area contributed by atoms with Crippen molar-refractivity contribution in [1.82, 2.24) is 9.80 Å². The predicted molar refractivity (Wildman–Crippen MR) is 226 cm³/mol. The first-order chi connectivity index (χ1) is 25.0. The van der Waals surface area contributed by atoms with Gasteiger partial charge in [0.25, 0.3) is 0 Å². The second-order valence-electron chi connectivity index (χ2n) is 14.6. The molecular formula is C38H82N2O8P2S2. The van der Waals surface area contributed by atoms with Crippen molar-refractivity contribution in [3.8, 4) is 0 Å². The minimum Gasteiger partial charge on any atom is -0.307 e. The Morgan fingerprint density at radius 2 is 0.577 bits per heavy atom. The highest BCUT2D eigenvalue weighted by atomic mass is 32.2. The lowest BCUT2D eigenvalue weighted by molar-refractivity contribution is 0.137. The van der Waals surface area contributed by atoms with Crippen molar-refractivity contribution >= 4 is 39.2 Å². The average molecular weight is 821 g/mol. The van der Waals surface area contributed by atoms with Gasteiger partial charge in [-0.1, -0.05) is 116 Å². The molecule has 0 aromatic heterocycles. The lowest BCUT2D eigenvalue weighted by Gasteiger charge is -2.14. The van der Waals surface area contributed by atoms with Crippen molar-refractivity contribution in [2.24, 2.45) is 0 Å². The van der Waals surface area contributed by atoms with Crippen molar-refractivity contribution in [2.75, 3.05) is 90.7 Å². The van der Waals surface area contributed by atoms with Crippen LogP contribution in [-0.2, 0) is 27.2 Å². The Morgan fingerprint density at radius 3 is 0.827 bits per heavy atom. The van der Waals surface area contributed by atoms with Crippen molar-refractivity contribution in [3.05, 3.63) is 0 Å². The zero-order valence-corrected chi connectivity index (χ0v) is 37.4. The van der Waals surface area contributed by atoms with Crippen LogP contribution in [0.25, 0.3) is 0 Å². The van der Waals surface area contributed by atoms with Gasteiger partial charge in [0.15, 0.2) is 0 Å². The molecule has 0 aliphatic rings. The maximum absolute atomic E-state index is 11.8. The van der Waals surface area contributed by atoms with E-state index in [0.29, 0.717) is 13.1 Å². The normalized spacial score (nSPS) is 14.4. The van der Waals surface area contributed by atoms with E-state index in [1.807, 2.05) is 38.0 Å². The molecule has 52 heavy (non-hydrogen) atoms. The highest BCUT2D eigenvalue weighted by Crippen LogP contribution is 2.43. The molecule has 0 radical (unpaired) electrons. The Balaban J connectivity index is 3.20. The van der Waals surface area contributed by atoms with E-state index in [0.717, 1.165) is 38.5 Å². The highest BCUT2D eigenvalue weighted by Gasteiger charge is 2.21. The van der Waals surface area contributed by atoms with Gasteiger partial charge in [0.2, 0.25) is 0 Å². The smallest absolute Gasteiger partial charge is 0.307 e. The van der Waals surface area contributed by atoms with Gasteiger partial charge in [-0.15, -0.1) is 0 Å². The van der Waals surface area contributed by atoms with Gasteiger partial charge in [0.1, 0.15) is 0 Å². The molecule has 0 aromatic rings. The molecule has 2 N–H and O–H groups in total. The number of phosphoric acid groups is 2. The van der Waals surface area contributed by atoms with Gasteiger partial charge < -0.3 is 19.6 Å². The fourth-order valence-electron chi connectivity index (χ4n) is 5.52. The largest absolute Gasteiger partial charge is 0.472 e. The summed E-state index contributed by atoms with van der Waals surface area (Å²) in [6, 6.07) is 0. The Bertz CT molecular complexity index is 783. The molecule has 2 unspecified atom stereocenters. The molecule has 0 fully saturated rings.